The number of amides is 5. The lowest BCUT2D eigenvalue weighted by Crippen LogP contribution is -2.65. The number of aryl methyl sites for hydroxylation is 1. The molecule has 1 saturated heterocycles. The van der Waals surface area contributed by atoms with Crippen molar-refractivity contribution < 1.29 is 33.3 Å². The van der Waals surface area contributed by atoms with Gasteiger partial charge in [0.1, 0.15) is 11.9 Å². The smallest absolute Gasteiger partial charge is 0.286 e. The summed E-state index contributed by atoms with van der Waals surface area (Å²) in [6, 6.07) is 2.83. The predicted octanol–water partition coefficient (Wildman–Crippen LogP) is 3.55. The molecular weight excluding hydrogens is 429 g/mol. The van der Waals surface area contributed by atoms with E-state index in [9.17, 15) is 28.8 Å². The zero-order chi connectivity index (χ0) is 24.2. The van der Waals surface area contributed by atoms with Gasteiger partial charge in [0, 0.05) is 18.4 Å². The van der Waals surface area contributed by atoms with Gasteiger partial charge >= 0.3 is 11.9 Å². The molecule has 1 aliphatic carbocycles. The summed E-state index contributed by atoms with van der Waals surface area (Å²) in [5.74, 6) is -2.17. The molecule has 3 atom stereocenters. The van der Waals surface area contributed by atoms with Crippen molar-refractivity contribution in [1.29, 1.82) is 0 Å². The normalized spacial score (nSPS) is 23.8. The van der Waals surface area contributed by atoms with Crippen LogP contribution in [0.3, 0.4) is 0 Å². The van der Waals surface area contributed by atoms with E-state index in [0.29, 0.717) is 29.9 Å². The number of likely N-dealkylation sites (tertiary alicyclic amines) is 1. The number of quaternary nitrogens is 1. The van der Waals surface area contributed by atoms with Gasteiger partial charge < -0.3 is 0 Å². The number of benzene rings is 1. The van der Waals surface area contributed by atoms with E-state index in [0.717, 1.165) is 31.7 Å². The van der Waals surface area contributed by atoms with Crippen molar-refractivity contribution in [2.45, 2.75) is 64.8 Å². The summed E-state index contributed by atoms with van der Waals surface area (Å²) in [7, 11) is 0. The second-order valence-electron chi connectivity index (χ2n) is 9.46. The van der Waals surface area contributed by atoms with Crippen LogP contribution in [-0.2, 0) is 9.59 Å². The molecule has 180 valence electrons. The van der Waals surface area contributed by atoms with Crippen LogP contribution in [0.5, 0.6) is 0 Å². The number of nitrogens with zero attached hydrogens (tertiary/aromatic N) is 2. The molecule has 0 bridgehead atoms. The van der Waals surface area contributed by atoms with E-state index in [2.05, 4.69) is 5.32 Å². The Bertz CT molecular complexity index is 917. The molecular formula is C24H33FN3O5+. The van der Waals surface area contributed by atoms with Crippen LogP contribution in [0.1, 0.15) is 67.8 Å². The van der Waals surface area contributed by atoms with Crippen LogP contribution < -0.4 is 5.32 Å². The van der Waals surface area contributed by atoms with Gasteiger partial charge in [-0.15, -0.1) is 0 Å². The first kappa shape index (κ1) is 25.0. The number of carbonyl (C=O) groups excluding carboxylic acids is 4. The topological polar surface area (TPSA) is 104 Å². The monoisotopic (exact) mass is 462 g/mol. The van der Waals surface area contributed by atoms with Crippen molar-refractivity contribution >= 4 is 24.3 Å². The summed E-state index contributed by atoms with van der Waals surface area (Å²) in [5.41, 5.74) is 0.372. The number of carbonyl (C=O) groups is 4. The van der Waals surface area contributed by atoms with E-state index in [-0.39, 0.29) is 37.0 Å². The molecule has 0 spiro atoms. The lowest BCUT2D eigenvalue weighted by atomic mass is 9.91. The average molecular weight is 463 g/mol. The largest absolute Gasteiger partial charge is 0.431 e. The Hall–Kier alpha value is -2.65. The SMILES string of the molecule is Cc1ccc(C(=O)NC(=O)[N+]2(C(=O)[C@H](CC3CCCC3)CN(O)C=O)CCC[C@H]2C)cc1F. The van der Waals surface area contributed by atoms with Gasteiger partial charge in [-0.2, -0.15) is 4.48 Å². The minimum atomic E-state index is -0.771. The molecule has 1 aromatic rings. The quantitative estimate of drug-likeness (QED) is 0.279. The minimum absolute atomic E-state index is 0.00565. The molecule has 1 saturated carbocycles. The van der Waals surface area contributed by atoms with Crippen LogP contribution in [0, 0.1) is 24.6 Å². The number of hydrogen-bond acceptors (Lipinski definition) is 5. The van der Waals surface area contributed by atoms with E-state index in [1.807, 2.05) is 0 Å². The van der Waals surface area contributed by atoms with E-state index in [1.165, 1.54) is 12.1 Å². The Morgan fingerprint density at radius 2 is 1.94 bits per heavy atom. The number of hydrogen-bond donors (Lipinski definition) is 2. The molecule has 2 aliphatic rings. The van der Waals surface area contributed by atoms with Gasteiger partial charge in [0.25, 0.3) is 5.91 Å². The number of halogens is 1. The fourth-order valence-corrected chi connectivity index (χ4v) is 5.31. The first-order chi connectivity index (χ1) is 15.7. The van der Waals surface area contributed by atoms with Gasteiger partial charge in [0.05, 0.1) is 19.0 Å². The third-order valence-electron chi connectivity index (χ3n) is 7.27. The zero-order valence-corrected chi connectivity index (χ0v) is 19.3. The fourth-order valence-electron chi connectivity index (χ4n) is 5.31. The number of urea groups is 1. The standard InChI is InChI=1S/C24H32FN3O5/c1-16-9-10-19(13-21(16)25)22(30)26-24(32)28(11-5-6-17(28)2)23(31)20(14-27(33)15-29)12-18-7-3-4-8-18/h9-10,13,15,17-18,20,33H,3-8,11-12,14H2,1-2H3/p+1/t17-,20-,28?/m1/s1. The molecule has 1 aromatic carbocycles. The molecule has 5 amide bonds. The second-order valence-corrected chi connectivity index (χ2v) is 9.46. The Kier molecular flexibility index (Phi) is 7.97. The highest BCUT2D eigenvalue weighted by atomic mass is 19.1. The van der Waals surface area contributed by atoms with Gasteiger partial charge in [-0.1, -0.05) is 31.7 Å². The van der Waals surface area contributed by atoms with Crippen LogP contribution in [-0.4, -0.2) is 58.1 Å². The molecule has 3 rings (SSSR count). The van der Waals surface area contributed by atoms with Gasteiger partial charge in [-0.05, 0) is 43.9 Å². The van der Waals surface area contributed by atoms with Gasteiger partial charge in [0.15, 0.2) is 0 Å². The maximum Gasteiger partial charge on any atom is 0.431 e. The van der Waals surface area contributed by atoms with E-state index < -0.39 is 34.1 Å². The van der Waals surface area contributed by atoms with Crippen LogP contribution in [0.4, 0.5) is 9.18 Å². The third kappa shape index (κ3) is 5.30. The first-order valence-corrected chi connectivity index (χ1v) is 11.6. The third-order valence-corrected chi connectivity index (χ3v) is 7.27. The molecule has 2 N–H and O–H groups in total. The van der Waals surface area contributed by atoms with Crippen molar-refractivity contribution in [1.82, 2.24) is 10.4 Å². The molecule has 0 radical (unpaired) electrons. The highest BCUT2D eigenvalue weighted by molar-refractivity contribution is 6.04. The Labute approximate surface area is 193 Å². The molecule has 1 heterocycles. The molecule has 0 aromatic heterocycles. The summed E-state index contributed by atoms with van der Waals surface area (Å²) < 4.78 is 13.4. The number of rotatable bonds is 7. The van der Waals surface area contributed by atoms with Crippen molar-refractivity contribution in [3.63, 3.8) is 0 Å². The van der Waals surface area contributed by atoms with Crippen LogP contribution in [0.25, 0.3) is 0 Å². The summed E-state index contributed by atoms with van der Waals surface area (Å²) in [5, 5.41) is 12.6. The maximum atomic E-state index is 13.9. The van der Waals surface area contributed by atoms with Crippen LogP contribution in [0.15, 0.2) is 18.2 Å². The van der Waals surface area contributed by atoms with E-state index in [1.54, 1.807) is 13.8 Å². The van der Waals surface area contributed by atoms with Crippen molar-refractivity contribution in [2.24, 2.45) is 11.8 Å². The lowest BCUT2D eigenvalue weighted by molar-refractivity contribution is -0.786. The van der Waals surface area contributed by atoms with Gasteiger partial charge in [-0.25, -0.2) is 24.4 Å². The summed E-state index contributed by atoms with van der Waals surface area (Å²) >= 11 is 0. The molecule has 2 fully saturated rings. The van der Waals surface area contributed by atoms with Gasteiger partial charge in [-0.3, -0.25) is 14.8 Å². The van der Waals surface area contributed by atoms with Gasteiger partial charge in [0.2, 0.25) is 6.41 Å². The number of hydroxylamine groups is 2. The zero-order valence-electron chi connectivity index (χ0n) is 19.3. The average Bonchev–Trinajstić information content (AvgIpc) is 3.44. The summed E-state index contributed by atoms with van der Waals surface area (Å²) in [6.07, 6.45) is 6.05. The highest BCUT2D eigenvalue weighted by Gasteiger charge is 2.55. The number of nitrogens with one attached hydrogen (secondary N) is 1. The van der Waals surface area contributed by atoms with E-state index in [4.69, 9.17) is 0 Å². The van der Waals surface area contributed by atoms with Crippen molar-refractivity contribution in [3.8, 4) is 0 Å². The van der Waals surface area contributed by atoms with Crippen LogP contribution >= 0.6 is 0 Å². The molecule has 1 unspecified atom stereocenters. The van der Waals surface area contributed by atoms with Crippen molar-refractivity contribution in [2.75, 3.05) is 13.1 Å². The molecule has 8 nitrogen and oxygen atoms in total. The Morgan fingerprint density at radius 1 is 1.24 bits per heavy atom. The number of imide groups is 2. The Balaban J connectivity index is 1.86. The fraction of sp³-hybridized carbons (Fsp3) is 0.583. The van der Waals surface area contributed by atoms with Crippen LogP contribution in [0.2, 0.25) is 0 Å². The van der Waals surface area contributed by atoms with E-state index >= 15 is 0 Å². The molecule has 1 aliphatic heterocycles. The molecule has 9 heteroatoms. The highest BCUT2D eigenvalue weighted by Crippen LogP contribution is 2.35. The Morgan fingerprint density at radius 3 is 2.52 bits per heavy atom. The molecule has 33 heavy (non-hydrogen) atoms. The predicted molar refractivity (Wildman–Crippen MR) is 117 cm³/mol. The lowest BCUT2D eigenvalue weighted by Gasteiger charge is -2.36. The summed E-state index contributed by atoms with van der Waals surface area (Å²) in [4.78, 5) is 51.1. The van der Waals surface area contributed by atoms with Crippen molar-refractivity contribution in [3.05, 3.63) is 35.1 Å². The maximum absolute atomic E-state index is 13.9. The first-order valence-electron chi connectivity index (χ1n) is 11.6. The second kappa shape index (κ2) is 10.5. The minimum Gasteiger partial charge on any atom is -0.286 e. The summed E-state index contributed by atoms with van der Waals surface area (Å²) in [6.45, 7) is 3.40.